The van der Waals surface area contributed by atoms with Crippen molar-refractivity contribution in [3.63, 3.8) is 0 Å². The van der Waals surface area contributed by atoms with E-state index in [4.69, 9.17) is 0 Å². The molecule has 38 heavy (non-hydrogen) atoms. The largest absolute Gasteiger partial charge is 0.274 e. The topological polar surface area (TPSA) is 76.1 Å². The Bertz CT molecular complexity index is 1140. The number of rotatable bonds is 7. The van der Waals surface area contributed by atoms with Gasteiger partial charge in [-0.05, 0) is 123 Å². The molecule has 0 radical (unpaired) electrons. The number of nitrogens with one attached hydrogen (secondary N) is 1. The molecule has 4 fully saturated rings. The maximum Gasteiger partial charge on any atom is 0.265 e. The molecular weight excluding hydrogens is 492 g/mol. The molecule has 5 nitrogen and oxygen atoms in total. The van der Waals surface area contributed by atoms with E-state index in [-0.39, 0.29) is 11.3 Å². The van der Waals surface area contributed by atoms with Crippen molar-refractivity contribution in [3.8, 4) is 0 Å². The average molecular weight is 543 g/mol. The number of amides is 1. The summed E-state index contributed by atoms with van der Waals surface area (Å²) in [5.74, 6) is 5.04. The van der Waals surface area contributed by atoms with Crippen molar-refractivity contribution >= 4 is 15.9 Å². The van der Waals surface area contributed by atoms with Crippen molar-refractivity contribution in [3.05, 3.63) is 24.0 Å². The monoisotopic (exact) mass is 542 g/mol. The van der Waals surface area contributed by atoms with Crippen molar-refractivity contribution in [1.82, 2.24) is 9.71 Å². The Morgan fingerprint density at radius 2 is 1.84 bits per heavy atom. The van der Waals surface area contributed by atoms with E-state index >= 15 is 0 Å². The Morgan fingerprint density at radius 1 is 1.08 bits per heavy atom. The number of carbonyl (C=O) groups is 1. The quantitative estimate of drug-likeness (QED) is 0.392. The van der Waals surface area contributed by atoms with Crippen LogP contribution in [0.15, 0.2) is 23.2 Å². The molecule has 4 saturated carbocycles. The van der Waals surface area contributed by atoms with E-state index in [0.717, 1.165) is 36.0 Å². The number of sulfonamides is 1. The Kier molecular flexibility index (Phi) is 7.78. The van der Waals surface area contributed by atoms with Crippen LogP contribution < -0.4 is 4.72 Å². The lowest BCUT2D eigenvalue weighted by Gasteiger charge is -2.63. The molecule has 0 saturated heterocycles. The maximum atomic E-state index is 12.7. The maximum absolute atomic E-state index is 12.7. The van der Waals surface area contributed by atoms with E-state index in [1.54, 1.807) is 19.2 Å². The fraction of sp³-hybridized carbons (Fsp3) is 0.812. The third kappa shape index (κ3) is 4.75. The van der Waals surface area contributed by atoms with E-state index in [9.17, 15) is 13.2 Å². The van der Waals surface area contributed by atoms with E-state index in [0.29, 0.717) is 28.4 Å². The van der Waals surface area contributed by atoms with Crippen molar-refractivity contribution < 1.29 is 13.2 Å². The highest BCUT2D eigenvalue weighted by atomic mass is 32.2. The Balaban J connectivity index is 1.24. The van der Waals surface area contributed by atoms with Gasteiger partial charge in [-0.15, -0.1) is 0 Å². The van der Waals surface area contributed by atoms with Crippen LogP contribution >= 0.6 is 0 Å². The molecule has 1 heterocycles. The van der Waals surface area contributed by atoms with Crippen LogP contribution in [-0.4, -0.2) is 19.3 Å². The van der Waals surface area contributed by atoms with Gasteiger partial charge in [0.05, 0.1) is 5.69 Å². The lowest BCUT2D eigenvalue weighted by molar-refractivity contribution is -0.138. The fourth-order valence-electron chi connectivity index (χ4n) is 10.6. The van der Waals surface area contributed by atoms with E-state index < -0.39 is 15.9 Å². The summed E-state index contributed by atoms with van der Waals surface area (Å²) in [5.41, 5.74) is 1.30. The number of aryl methyl sites for hydroxylation is 1. The summed E-state index contributed by atoms with van der Waals surface area (Å²) in [5, 5.41) is 0. The Morgan fingerprint density at radius 3 is 2.58 bits per heavy atom. The molecule has 0 spiro atoms. The second-order valence-electron chi connectivity index (χ2n) is 14.0. The molecule has 3 unspecified atom stereocenters. The predicted molar refractivity (Wildman–Crippen MR) is 152 cm³/mol. The van der Waals surface area contributed by atoms with Crippen molar-refractivity contribution in [2.24, 2.45) is 52.3 Å². The molecule has 212 valence electrons. The van der Waals surface area contributed by atoms with Crippen LogP contribution in [0, 0.1) is 59.2 Å². The Hall–Kier alpha value is -1.43. The minimum atomic E-state index is -3.89. The summed E-state index contributed by atoms with van der Waals surface area (Å²) in [6, 6.07) is 3.09. The van der Waals surface area contributed by atoms with E-state index in [2.05, 4.69) is 37.4 Å². The van der Waals surface area contributed by atoms with Gasteiger partial charge in [-0.3, -0.25) is 9.78 Å². The van der Waals surface area contributed by atoms with Crippen molar-refractivity contribution in [2.45, 2.75) is 117 Å². The van der Waals surface area contributed by atoms with E-state index in [1.807, 2.05) is 0 Å². The van der Waals surface area contributed by atoms with Gasteiger partial charge < -0.3 is 0 Å². The van der Waals surface area contributed by atoms with Crippen LogP contribution in [0.5, 0.6) is 0 Å². The standard InChI is InChI=1S/C32H50N2O3S/c1-6-23-20-24-27-14-13-25(32(27,5)18-16-28(24)31(4)17-8-7-10-26(23)31)21(2)12-15-30(35)34-38(36,37)29-11-9-19-33-22(29)3/h9,11,19,21,23-28H,6-8,10,12-18,20H2,1-5H3,(H,34,35)/t21-,23+,24?,25-,26+,27?,28?,31+,32-/m1/s1. The summed E-state index contributed by atoms with van der Waals surface area (Å²) in [7, 11) is -3.89. The molecule has 4 aliphatic rings. The number of fused-ring (bicyclic) bond motifs is 5. The first kappa shape index (κ1) is 28.1. The summed E-state index contributed by atoms with van der Waals surface area (Å²) in [6.07, 6.45) is 16.4. The van der Waals surface area contributed by atoms with Gasteiger partial charge in [-0.1, -0.05) is 47.0 Å². The lowest BCUT2D eigenvalue weighted by Crippen LogP contribution is -2.55. The van der Waals surface area contributed by atoms with Crippen LogP contribution in [0.2, 0.25) is 0 Å². The molecule has 1 aromatic rings. The molecule has 0 aromatic carbocycles. The molecule has 1 N–H and O–H groups in total. The summed E-state index contributed by atoms with van der Waals surface area (Å²) in [4.78, 5) is 16.9. The van der Waals surface area contributed by atoms with Gasteiger partial charge in [0.2, 0.25) is 5.91 Å². The summed E-state index contributed by atoms with van der Waals surface area (Å²) in [6.45, 7) is 11.6. The molecule has 1 aromatic heterocycles. The fourth-order valence-corrected chi connectivity index (χ4v) is 11.8. The van der Waals surface area contributed by atoms with Gasteiger partial charge in [0.25, 0.3) is 10.0 Å². The van der Waals surface area contributed by atoms with Crippen molar-refractivity contribution in [1.29, 1.82) is 0 Å². The number of hydrogen-bond acceptors (Lipinski definition) is 4. The summed E-state index contributed by atoms with van der Waals surface area (Å²) >= 11 is 0. The molecule has 6 heteroatoms. The lowest BCUT2D eigenvalue weighted by atomic mass is 9.42. The average Bonchev–Trinajstić information content (AvgIpc) is 3.23. The van der Waals surface area contributed by atoms with Gasteiger partial charge in [0, 0.05) is 12.6 Å². The minimum absolute atomic E-state index is 0.0797. The second-order valence-corrected chi connectivity index (χ2v) is 15.6. The first-order valence-electron chi connectivity index (χ1n) is 15.5. The molecule has 0 bridgehead atoms. The zero-order chi connectivity index (χ0) is 27.3. The van der Waals surface area contributed by atoms with Gasteiger partial charge in [-0.25, -0.2) is 13.1 Å². The van der Waals surface area contributed by atoms with Crippen LogP contribution in [0.1, 0.15) is 110 Å². The third-order valence-corrected chi connectivity index (χ3v) is 13.9. The minimum Gasteiger partial charge on any atom is -0.274 e. The normalized spacial score (nSPS) is 39.5. The number of aromatic nitrogens is 1. The second kappa shape index (κ2) is 10.5. The first-order chi connectivity index (χ1) is 18.0. The third-order valence-electron chi connectivity index (χ3n) is 12.4. The molecule has 0 aliphatic heterocycles. The highest BCUT2D eigenvalue weighted by Gasteiger charge is 2.61. The number of carbonyl (C=O) groups excluding carboxylic acids is 1. The van der Waals surface area contributed by atoms with Crippen LogP contribution in [0.3, 0.4) is 0 Å². The molecule has 1 amide bonds. The highest BCUT2D eigenvalue weighted by Crippen LogP contribution is 2.69. The molecule has 9 atom stereocenters. The Labute approximate surface area is 231 Å². The van der Waals surface area contributed by atoms with Crippen LogP contribution in [-0.2, 0) is 14.8 Å². The smallest absolute Gasteiger partial charge is 0.265 e. The summed E-state index contributed by atoms with van der Waals surface area (Å²) < 4.78 is 27.8. The number of pyridine rings is 1. The molecular formula is C32H50N2O3S. The zero-order valence-electron chi connectivity index (χ0n) is 24.3. The molecule has 5 rings (SSSR count). The van der Waals surface area contributed by atoms with Crippen LogP contribution in [0.4, 0.5) is 0 Å². The van der Waals surface area contributed by atoms with Crippen molar-refractivity contribution in [2.75, 3.05) is 0 Å². The van der Waals surface area contributed by atoms with E-state index in [1.165, 1.54) is 70.3 Å². The van der Waals surface area contributed by atoms with Gasteiger partial charge in [0.1, 0.15) is 4.90 Å². The van der Waals surface area contributed by atoms with Gasteiger partial charge in [-0.2, -0.15) is 0 Å². The van der Waals surface area contributed by atoms with Gasteiger partial charge >= 0.3 is 0 Å². The first-order valence-corrected chi connectivity index (χ1v) is 17.0. The molecule has 4 aliphatic carbocycles. The van der Waals surface area contributed by atoms with Gasteiger partial charge in [0.15, 0.2) is 0 Å². The highest BCUT2D eigenvalue weighted by molar-refractivity contribution is 7.90. The van der Waals surface area contributed by atoms with Crippen LogP contribution in [0.25, 0.3) is 0 Å². The SMILES string of the molecule is CC[C@H]1CC2C3CC[C@H]([C@H](C)CCC(=O)NS(=O)(=O)c4cccnc4C)[C@@]3(C)CCC2[C@@]2(C)CCCC[C@@H]12. The zero-order valence-corrected chi connectivity index (χ0v) is 25.2. The number of hydrogen-bond donors (Lipinski definition) is 1. The number of nitrogens with zero attached hydrogens (tertiary/aromatic N) is 1. The predicted octanol–water partition coefficient (Wildman–Crippen LogP) is 7.30.